The average Bonchev–Trinajstić information content (AvgIpc) is 3.19. The molecule has 0 bridgehead atoms. The number of nitro benzene ring substituents is 1. The average molecular weight is 552 g/mol. The lowest BCUT2D eigenvalue weighted by atomic mass is 10.1. The number of ether oxygens (including phenoxy) is 1. The third-order valence-electron chi connectivity index (χ3n) is 5.72. The van der Waals surface area contributed by atoms with Crippen LogP contribution in [0.25, 0.3) is 0 Å². The van der Waals surface area contributed by atoms with Crippen molar-refractivity contribution in [2.24, 2.45) is 0 Å². The topological polar surface area (TPSA) is 146 Å². The number of sulfone groups is 1. The fourth-order valence-electron chi connectivity index (χ4n) is 3.77. The van der Waals surface area contributed by atoms with E-state index in [9.17, 15) is 28.1 Å². The highest BCUT2D eigenvalue weighted by Gasteiger charge is 2.57. The quantitative estimate of drug-likeness (QED) is 0.181. The molecule has 2 aromatic carbocycles. The minimum atomic E-state index is -4.28. The Kier molecular flexibility index (Phi) is 7.80. The lowest BCUT2D eigenvalue weighted by molar-refractivity contribution is -0.384. The Hall–Kier alpha value is -4.21. The van der Waals surface area contributed by atoms with Crippen LogP contribution in [0.4, 0.5) is 10.5 Å². The van der Waals surface area contributed by atoms with Gasteiger partial charge in [-0.15, -0.1) is 0 Å². The Morgan fingerprint density at radius 2 is 1.76 bits per heavy atom. The number of aryl methyl sites for hydroxylation is 1. The predicted octanol–water partition coefficient (Wildman–Crippen LogP) is 4.77. The summed E-state index contributed by atoms with van der Waals surface area (Å²) in [6.45, 7) is 1.71. The van der Waals surface area contributed by atoms with Gasteiger partial charge >= 0.3 is 0 Å². The minimum Gasteiger partial charge on any atom is -0.457 e. The number of nitrogens with zero attached hydrogens (tertiary/aromatic N) is 2. The normalized spacial score (nSPS) is 16.9. The summed E-state index contributed by atoms with van der Waals surface area (Å²) < 4.78 is 30.9. The van der Waals surface area contributed by atoms with Crippen molar-refractivity contribution < 1.29 is 27.7 Å². The Labute approximate surface area is 222 Å². The fourth-order valence-corrected chi connectivity index (χ4v) is 7.15. The number of pyridine rings is 1. The van der Waals surface area contributed by atoms with Gasteiger partial charge in [0.15, 0.2) is 0 Å². The van der Waals surface area contributed by atoms with Gasteiger partial charge in [0.1, 0.15) is 11.5 Å². The van der Waals surface area contributed by atoms with E-state index in [-0.39, 0.29) is 29.8 Å². The Balaban J connectivity index is 1.50. The maximum Gasteiger partial charge on any atom is 0.287 e. The monoisotopic (exact) mass is 551 g/mol. The summed E-state index contributed by atoms with van der Waals surface area (Å²) in [6, 6.07) is 13.2. The Bertz CT molecular complexity index is 1560. The van der Waals surface area contributed by atoms with Gasteiger partial charge in [-0.1, -0.05) is 11.8 Å². The van der Waals surface area contributed by atoms with Crippen molar-refractivity contribution in [3.63, 3.8) is 0 Å². The van der Waals surface area contributed by atoms with Gasteiger partial charge in [-0.25, -0.2) is 8.42 Å². The SMILES string of the molecule is Cc1cc([N+](=O)[O-])ccc1C#CCCCC1(S(=O)(=O)c2ccc(Oc3ccncc3)cc2)SC(=O)NC1=O. The molecule has 2 heterocycles. The standard InChI is InChI=1S/C26H21N3O7S2/c1-18-17-20(29(32)33)7-6-19(18)5-3-2-4-14-26(24(30)28-25(31)37-26)38(34,35)23-10-8-21(9-11-23)36-22-12-15-27-16-13-22/h6-13,15-17H,2,4,14H2,1H3,(H,28,30,31). The van der Waals surface area contributed by atoms with E-state index in [1.165, 1.54) is 36.4 Å². The molecule has 194 valence electrons. The lowest BCUT2D eigenvalue weighted by Gasteiger charge is -2.24. The van der Waals surface area contributed by atoms with Crippen LogP contribution in [0.5, 0.6) is 11.5 Å². The van der Waals surface area contributed by atoms with Crippen LogP contribution in [0.3, 0.4) is 0 Å². The number of rotatable bonds is 8. The number of thioether (sulfide) groups is 1. The van der Waals surface area contributed by atoms with Crippen LogP contribution in [-0.4, -0.2) is 33.6 Å². The molecule has 0 aliphatic carbocycles. The van der Waals surface area contributed by atoms with Crippen LogP contribution in [0.1, 0.15) is 30.4 Å². The number of hydrogen-bond donors (Lipinski definition) is 1. The van der Waals surface area contributed by atoms with Gasteiger partial charge in [0.2, 0.25) is 13.9 Å². The van der Waals surface area contributed by atoms with Crippen molar-refractivity contribution in [3.05, 3.63) is 88.2 Å². The number of nitro groups is 1. The zero-order valence-corrected chi connectivity index (χ0v) is 21.7. The summed E-state index contributed by atoms with van der Waals surface area (Å²) in [5, 5.41) is 12.3. The van der Waals surface area contributed by atoms with Crippen LogP contribution < -0.4 is 10.1 Å². The number of aromatic nitrogens is 1. The molecular weight excluding hydrogens is 530 g/mol. The van der Waals surface area contributed by atoms with Crippen molar-refractivity contribution in [1.82, 2.24) is 10.3 Å². The van der Waals surface area contributed by atoms with E-state index in [4.69, 9.17) is 4.74 Å². The van der Waals surface area contributed by atoms with E-state index in [0.717, 1.165) is 0 Å². The molecule has 4 rings (SSSR count). The van der Waals surface area contributed by atoms with Crippen molar-refractivity contribution in [2.45, 2.75) is 35.2 Å². The number of nitrogens with one attached hydrogen (secondary N) is 1. The molecule has 1 aliphatic heterocycles. The first kappa shape index (κ1) is 26.8. The van der Waals surface area contributed by atoms with Gasteiger partial charge in [-0.2, -0.15) is 0 Å². The van der Waals surface area contributed by atoms with Gasteiger partial charge in [0.05, 0.1) is 9.82 Å². The van der Waals surface area contributed by atoms with Crippen LogP contribution in [0, 0.1) is 28.9 Å². The van der Waals surface area contributed by atoms with Crippen LogP contribution in [0.2, 0.25) is 0 Å². The van der Waals surface area contributed by atoms with E-state index >= 15 is 0 Å². The van der Waals surface area contributed by atoms with Crippen molar-refractivity contribution in [1.29, 1.82) is 0 Å². The summed E-state index contributed by atoms with van der Waals surface area (Å²) in [5.41, 5.74) is 1.21. The highest BCUT2D eigenvalue weighted by Crippen LogP contribution is 2.44. The van der Waals surface area contributed by atoms with Gasteiger partial charge in [0.25, 0.3) is 16.8 Å². The van der Waals surface area contributed by atoms with Gasteiger partial charge < -0.3 is 4.74 Å². The molecular formula is C26H21N3O7S2. The number of non-ortho nitro benzene ring substituents is 1. The van der Waals surface area contributed by atoms with Gasteiger partial charge in [-0.3, -0.25) is 30.0 Å². The fraction of sp³-hybridized carbons (Fsp3) is 0.192. The van der Waals surface area contributed by atoms with Crippen molar-refractivity contribution in [2.75, 3.05) is 0 Å². The Morgan fingerprint density at radius 3 is 2.37 bits per heavy atom. The van der Waals surface area contributed by atoms with E-state index < -0.39 is 30.0 Å². The maximum absolute atomic E-state index is 13.6. The molecule has 12 heteroatoms. The highest BCUT2D eigenvalue weighted by atomic mass is 32.3. The molecule has 1 atom stereocenters. The summed E-state index contributed by atoms with van der Waals surface area (Å²) in [5.74, 6) is 5.86. The maximum atomic E-state index is 13.6. The summed E-state index contributed by atoms with van der Waals surface area (Å²) in [6.07, 6.45) is 3.44. The first-order chi connectivity index (χ1) is 18.1. The van der Waals surface area contributed by atoms with Crippen LogP contribution in [0.15, 0.2) is 71.9 Å². The first-order valence-corrected chi connectivity index (χ1v) is 13.6. The molecule has 2 amide bonds. The van der Waals surface area contributed by atoms with E-state index in [1.807, 2.05) is 0 Å². The molecule has 38 heavy (non-hydrogen) atoms. The first-order valence-electron chi connectivity index (χ1n) is 11.3. The third kappa shape index (κ3) is 5.53. The summed E-state index contributed by atoms with van der Waals surface area (Å²) >= 11 is 0.453. The van der Waals surface area contributed by atoms with Gasteiger partial charge in [-0.05, 0) is 79.6 Å². The second-order valence-corrected chi connectivity index (χ2v) is 12.0. The van der Waals surface area contributed by atoms with Crippen LogP contribution in [-0.2, 0) is 14.6 Å². The number of imide groups is 1. The molecule has 0 saturated carbocycles. The number of hydrogen-bond acceptors (Lipinski definition) is 9. The molecule has 10 nitrogen and oxygen atoms in total. The number of unbranched alkanes of at least 4 members (excludes halogenated alkanes) is 1. The lowest BCUT2D eigenvalue weighted by Crippen LogP contribution is -2.43. The minimum absolute atomic E-state index is 0.0360. The molecule has 1 saturated heterocycles. The van der Waals surface area contributed by atoms with Crippen LogP contribution >= 0.6 is 11.8 Å². The molecule has 1 unspecified atom stereocenters. The Morgan fingerprint density at radius 1 is 1.08 bits per heavy atom. The highest BCUT2D eigenvalue weighted by molar-refractivity contribution is 8.25. The van der Waals surface area contributed by atoms with E-state index in [2.05, 4.69) is 22.1 Å². The molecule has 1 fully saturated rings. The molecule has 1 aliphatic rings. The second-order valence-electron chi connectivity index (χ2n) is 8.27. The number of carbonyl (C=O) groups is 2. The molecule has 3 aromatic rings. The third-order valence-corrected chi connectivity index (χ3v) is 9.79. The van der Waals surface area contributed by atoms with Crippen molar-refractivity contribution in [3.8, 4) is 23.3 Å². The number of benzene rings is 2. The number of amides is 2. The molecule has 1 N–H and O–H groups in total. The zero-order valence-electron chi connectivity index (χ0n) is 20.0. The van der Waals surface area contributed by atoms with Gasteiger partial charge in [0, 0.05) is 36.5 Å². The zero-order chi connectivity index (χ0) is 27.3. The van der Waals surface area contributed by atoms with E-state index in [0.29, 0.717) is 34.4 Å². The molecule has 0 radical (unpaired) electrons. The van der Waals surface area contributed by atoms with Crippen molar-refractivity contribution >= 4 is 38.4 Å². The summed E-state index contributed by atoms with van der Waals surface area (Å²) in [7, 11) is -4.28. The predicted molar refractivity (Wildman–Crippen MR) is 140 cm³/mol. The molecule has 1 aromatic heterocycles. The largest absolute Gasteiger partial charge is 0.457 e. The second kappa shape index (κ2) is 11.0. The number of carbonyl (C=O) groups excluding carboxylic acids is 2. The van der Waals surface area contributed by atoms with E-state index in [1.54, 1.807) is 37.5 Å². The smallest absolute Gasteiger partial charge is 0.287 e. The molecule has 0 spiro atoms. The summed E-state index contributed by atoms with van der Waals surface area (Å²) in [4.78, 5) is 39.0.